The number of terminal acetylenes is 1. The predicted molar refractivity (Wildman–Crippen MR) is 105 cm³/mol. The lowest BCUT2D eigenvalue weighted by atomic mass is 10.2. The Labute approximate surface area is 156 Å². The molecule has 0 aliphatic carbocycles. The van der Waals surface area contributed by atoms with Crippen LogP contribution in [0.15, 0.2) is 47.5 Å². The molecule has 1 heterocycles. The van der Waals surface area contributed by atoms with Gasteiger partial charge in [-0.05, 0) is 48.7 Å². The van der Waals surface area contributed by atoms with Crippen LogP contribution in [-0.4, -0.2) is 17.1 Å². The van der Waals surface area contributed by atoms with Gasteiger partial charge in [0.2, 0.25) is 0 Å². The van der Waals surface area contributed by atoms with Crippen molar-refractivity contribution in [3.8, 4) is 18.1 Å². The Morgan fingerprint density at radius 2 is 2.15 bits per heavy atom. The van der Waals surface area contributed by atoms with Crippen LogP contribution < -0.4 is 9.54 Å². The van der Waals surface area contributed by atoms with E-state index in [-0.39, 0.29) is 12.5 Å². The van der Waals surface area contributed by atoms with E-state index in [4.69, 9.17) is 11.2 Å². The highest BCUT2D eigenvalue weighted by Crippen LogP contribution is 2.19. The zero-order valence-electron chi connectivity index (χ0n) is 14.9. The van der Waals surface area contributed by atoms with Gasteiger partial charge in [-0.3, -0.25) is 4.79 Å². The number of benzene rings is 2. The molecule has 2 aromatic carbocycles. The zero-order valence-corrected chi connectivity index (χ0v) is 15.7. The van der Waals surface area contributed by atoms with Crippen LogP contribution in [0, 0.1) is 19.3 Å². The normalized spacial score (nSPS) is 11.5. The third kappa shape index (κ3) is 4.04. The van der Waals surface area contributed by atoms with Crippen LogP contribution in [0.4, 0.5) is 0 Å². The van der Waals surface area contributed by atoms with E-state index in [0.29, 0.717) is 17.1 Å². The molecule has 3 rings (SSSR count). The van der Waals surface area contributed by atoms with Gasteiger partial charge < -0.3 is 9.30 Å². The molecule has 3 aromatic rings. The van der Waals surface area contributed by atoms with Crippen molar-refractivity contribution in [2.75, 3.05) is 6.61 Å². The van der Waals surface area contributed by atoms with E-state index in [1.165, 1.54) is 16.9 Å². The van der Waals surface area contributed by atoms with Crippen LogP contribution in [0.5, 0.6) is 5.75 Å². The molecule has 26 heavy (non-hydrogen) atoms. The molecule has 5 heteroatoms. The van der Waals surface area contributed by atoms with Crippen molar-refractivity contribution >= 4 is 27.5 Å². The maximum atomic E-state index is 12.3. The van der Waals surface area contributed by atoms with E-state index in [2.05, 4.69) is 30.0 Å². The highest BCUT2D eigenvalue weighted by Gasteiger charge is 2.08. The number of rotatable bonds is 5. The lowest BCUT2D eigenvalue weighted by molar-refractivity contribution is -0.120. The van der Waals surface area contributed by atoms with Crippen molar-refractivity contribution < 1.29 is 9.53 Å². The van der Waals surface area contributed by atoms with Gasteiger partial charge in [0.05, 0.1) is 16.8 Å². The standard InChI is InChI=1S/C21H20N2O2S/c1-4-11-23-18-10-9-16(5-2)13-19(18)26-21(23)22-20(24)14-25-17-8-6-7-15(3)12-17/h1,6-10,12-13H,5,11,14H2,2-3H3. The lowest BCUT2D eigenvalue weighted by Gasteiger charge is -2.04. The van der Waals surface area contributed by atoms with Gasteiger partial charge in [0.15, 0.2) is 11.4 Å². The van der Waals surface area contributed by atoms with Gasteiger partial charge in [0.25, 0.3) is 5.91 Å². The third-order valence-corrected chi connectivity index (χ3v) is 5.02. The van der Waals surface area contributed by atoms with Gasteiger partial charge in [-0.15, -0.1) is 6.42 Å². The second kappa shape index (κ2) is 8.03. The van der Waals surface area contributed by atoms with Crippen molar-refractivity contribution in [2.45, 2.75) is 26.8 Å². The Morgan fingerprint density at radius 3 is 2.88 bits per heavy atom. The number of aromatic nitrogens is 1. The van der Waals surface area contributed by atoms with E-state index in [0.717, 1.165) is 22.2 Å². The van der Waals surface area contributed by atoms with Crippen LogP contribution in [0.3, 0.4) is 0 Å². The topological polar surface area (TPSA) is 43.6 Å². The molecule has 0 saturated heterocycles. The molecule has 0 aliphatic heterocycles. The highest BCUT2D eigenvalue weighted by molar-refractivity contribution is 7.16. The summed E-state index contributed by atoms with van der Waals surface area (Å²) in [7, 11) is 0. The molecule has 0 spiro atoms. The van der Waals surface area contributed by atoms with Gasteiger partial charge in [0, 0.05) is 0 Å². The highest BCUT2D eigenvalue weighted by atomic mass is 32.1. The number of ether oxygens (including phenoxy) is 1. The number of thiazole rings is 1. The Morgan fingerprint density at radius 1 is 1.31 bits per heavy atom. The molecular formula is C21H20N2O2S. The number of hydrogen-bond donors (Lipinski definition) is 0. The maximum absolute atomic E-state index is 12.3. The first-order valence-electron chi connectivity index (χ1n) is 8.43. The van der Waals surface area contributed by atoms with Crippen LogP contribution in [-0.2, 0) is 17.8 Å². The molecule has 132 valence electrons. The molecular weight excluding hydrogens is 344 g/mol. The Kier molecular flexibility index (Phi) is 5.55. The second-order valence-electron chi connectivity index (χ2n) is 5.94. The fourth-order valence-electron chi connectivity index (χ4n) is 2.66. The van der Waals surface area contributed by atoms with Gasteiger partial charge in [-0.1, -0.05) is 42.4 Å². The van der Waals surface area contributed by atoms with Crippen molar-refractivity contribution in [1.29, 1.82) is 0 Å². The molecule has 1 amide bonds. The molecule has 0 saturated carbocycles. The molecule has 0 fully saturated rings. The average Bonchev–Trinajstić information content (AvgIpc) is 2.96. The Bertz CT molecular complexity index is 1050. The van der Waals surface area contributed by atoms with Crippen LogP contribution >= 0.6 is 11.3 Å². The summed E-state index contributed by atoms with van der Waals surface area (Å²) < 4.78 is 8.51. The molecule has 0 radical (unpaired) electrons. The number of carbonyl (C=O) groups excluding carboxylic acids is 1. The fourth-order valence-corrected chi connectivity index (χ4v) is 3.77. The Hall–Kier alpha value is -2.84. The third-order valence-electron chi connectivity index (χ3n) is 3.98. The molecule has 4 nitrogen and oxygen atoms in total. The minimum atomic E-state index is -0.334. The van der Waals surface area contributed by atoms with E-state index in [1.54, 1.807) is 0 Å². The number of carbonyl (C=O) groups is 1. The van der Waals surface area contributed by atoms with Crippen LogP contribution in [0.1, 0.15) is 18.1 Å². The van der Waals surface area contributed by atoms with E-state index in [1.807, 2.05) is 41.8 Å². The van der Waals surface area contributed by atoms with Crippen LogP contribution in [0.25, 0.3) is 10.2 Å². The van der Waals surface area contributed by atoms with Gasteiger partial charge >= 0.3 is 0 Å². The van der Waals surface area contributed by atoms with Crippen molar-refractivity contribution in [3.05, 3.63) is 58.4 Å². The predicted octanol–water partition coefficient (Wildman–Crippen LogP) is 3.71. The van der Waals surface area contributed by atoms with Gasteiger partial charge in [-0.25, -0.2) is 0 Å². The number of aryl methyl sites for hydroxylation is 2. The number of amides is 1. The molecule has 0 N–H and O–H groups in total. The largest absolute Gasteiger partial charge is 0.484 e. The van der Waals surface area contributed by atoms with Gasteiger partial charge in [-0.2, -0.15) is 4.99 Å². The second-order valence-corrected chi connectivity index (χ2v) is 6.95. The molecule has 1 aromatic heterocycles. The van der Waals surface area contributed by atoms with Crippen molar-refractivity contribution in [1.82, 2.24) is 4.57 Å². The summed E-state index contributed by atoms with van der Waals surface area (Å²) in [5.41, 5.74) is 3.32. The summed E-state index contributed by atoms with van der Waals surface area (Å²) in [4.78, 5) is 17.1. The van der Waals surface area contributed by atoms with E-state index < -0.39 is 0 Å². The zero-order chi connectivity index (χ0) is 18.5. The summed E-state index contributed by atoms with van der Waals surface area (Å²) in [6.45, 7) is 4.36. The van der Waals surface area contributed by atoms with E-state index >= 15 is 0 Å². The number of fused-ring (bicyclic) bond motifs is 1. The summed E-state index contributed by atoms with van der Waals surface area (Å²) in [5.74, 6) is 2.96. The number of nitrogens with zero attached hydrogens (tertiary/aromatic N) is 2. The molecule has 0 aliphatic rings. The molecule has 0 unspecified atom stereocenters. The van der Waals surface area contributed by atoms with E-state index in [9.17, 15) is 4.79 Å². The minimum absolute atomic E-state index is 0.103. The summed E-state index contributed by atoms with van der Waals surface area (Å²) >= 11 is 1.47. The fraction of sp³-hybridized carbons (Fsp3) is 0.238. The lowest BCUT2D eigenvalue weighted by Crippen LogP contribution is -2.19. The quantitative estimate of drug-likeness (QED) is 0.648. The summed E-state index contributed by atoms with van der Waals surface area (Å²) in [6.07, 6.45) is 6.45. The monoisotopic (exact) mass is 364 g/mol. The number of hydrogen-bond acceptors (Lipinski definition) is 3. The average molecular weight is 364 g/mol. The van der Waals surface area contributed by atoms with Crippen LogP contribution in [0.2, 0.25) is 0 Å². The van der Waals surface area contributed by atoms with Crippen molar-refractivity contribution in [3.63, 3.8) is 0 Å². The maximum Gasteiger partial charge on any atom is 0.286 e. The smallest absolute Gasteiger partial charge is 0.286 e. The molecule has 0 atom stereocenters. The first-order valence-corrected chi connectivity index (χ1v) is 9.25. The SMILES string of the molecule is C#CCn1c(=NC(=O)COc2cccc(C)c2)sc2cc(CC)ccc21. The first kappa shape index (κ1) is 18.0. The Balaban J connectivity index is 1.88. The first-order chi connectivity index (χ1) is 12.6. The summed E-state index contributed by atoms with van der Waals surface area (Å²) in [5, 5.41) is 0. The van der Waals surface area contributed by atoms with Crippen molar-refractivity contribution in [2.24, 2.45) is 4.99 Å². The summed E-state index contributed by atoms with van der Waals surface area (Å²) in [6, 6.07) is 13.8. The minimum Gasteiger partial charge on any atom is -0.484 e. The molecule has 0 bridgehead atoms. The van der Waals surface area contributed by atoms with Gasteiger partial charge in [0.1, 0.15) is 5.75 Å².